The highest BCUT2D eigenvalue weighted by molar-refractivity contribution is 7.90. The van der Waals surface area contributed by atoms with E-state index in [4.69, 9.17) is 9.41 Å². The Kier molecular flexibility index (Phi) is 11.4. The number of hydrogen-bond donors (Lipinski definition) is 1. The van der Waals surface area contributed by atoms with Gasteiger partial charge in [-0.3, -0.25) is 4.90 Å². The van der Waals surface area contributed by atoms with Crippen molar-refractivity contribution in [2.75, 3.05) is 27.2 Å². The number of nitrogens with zero attached hydrogens (tertiary/aromatic N) is 3. The molecule has 4 aromatic rings. The van der Waals surface area contributed by atoms with E-state index in [1.54, 1.807) is 6.07 Å². The maximum atomic E-state index is 14.2. The highest BCUT2D eigenvalue weighted by atomic mass is 32.2. The Morgan fingerprint density at radius 2 is 1.60 bits per heavy atom. The summed E-state index contributed by atoms with van der Waals surface area (Å²) in [7, 11) is 1.11. The van der Waals surface area contributed by atoms with Crippen molar-refractivity contribution in [1.29, 1.82) is 0 Å². The Labute approximate surface area is 302 Å². The number of fused-ring (bicyclic) bond motifs is 1. The summed E-state index contributed by atoms with van der Waals surface area (Å²) in [4.78, 5) is 19.1. The van der Waals surface area contributed by atoms with Crippen LogP contribution in [0.4, 0.5) is 0 Å². The van der Waals surface area contributed by atoms with Gasteiger partial charge in [0.1, 0.15) is 10.4 Å². The van der Waals surface area contributed by atoms with E-state index < -0.39 is 30.4 Å². The van der Waals surface area contributed by atoms with Crippen LogP contribution in [0, 0.1) is 11.8 Å². The Bertz CT molecular complexity index is 1820. The third-order valence-electron chi connectivity index (χ3n) is 9.00. The van der Waals surface area contributed by atoms with Gasteiger partial charge in [0, 0.05) is 34.7 Å². The van der Waals surface area contributed by atoms with Crippen molar-refractivity contribution in [3.05, 3.63) is 113 Å². The molecule has 0 radical (unpaired) electrons. The summed E-state index contributed by atoms with van der Waals surface area (Å²) in [5.41, 5.74) is 3.87. The fraction of sp³-hybridized carbons (Fsp3) is 0.366. The minimum atomic E-state index is -2.83. The Morgan fingerprint density at radius 3 is 2.14 bits per heavy atom. The summed E-state index contributed by atoms with van der Waals surface area (Å²) in [5.74, 6) is 5.33. The van der Waals surface area contributed by atoms with Gasteiger partial charge in [-0.05, 0) is 80.5 Å². The molecule has 1 unspecified atom stereocenters. The topological polar surface area (TPSA) is 89.0 Å². The van der Waals surface area contributed by atoms with Gasteiger partial charge in [-0.15, -0.1) is 4.31 Å². The fourth-order valence-corrected chi connectivity index (χ4v) is 12.8. The number of pyridine rings is 1. The number of carbonyl (C=O) groups is 1. The average Bonchev–Trinajstić information content (AvgIpc) is 3.43. The normalized spacial score (nSPS) is 15.8. The molecule has 1 aliphatic heterocycles. The van der Waals surface area contributed by atoms with E-state index in [9.17, 15) is 14.5 Å². The summed E-state index contributed by atoms with van der Waals surface area (Å²) in [6, 6.07) is 30.2. The molecule has 0 saturated heterocycles. The van der Waals surface area contributed by atoms with Crippen LogP contribution in [0.3, 0.4) is 0 Å². The number of hydrogen-bond acceptors (Lipinski definition) is 6. The lowest BCUT2D eigenvalue weighted by molar-refractivity contribution is 0.0690. The summed E-state index contributed by atoms with van der Waals surface area (Å²) < 4.78 is 23.0. The highest BCUT2D eigenvalue weighted by Crippen LogP contribution is 2.46. The first-order chi connectivity index (χ1) is 23.6. The summed E-state index contributed by atoms with van der Waals surface area (Å²) in [6.07, 6.45) is 0.544. The van der Waals surface area contributed by atoms with Crippen LogP contribution in [0.1, 0.15) is 81.2 Å². The molecule has 1 aliphatic rings. The van der Waals surface area contributed by atoms with Gasteiger partial charge in [-0.1, -0.05) is 105 Å². The van der Waals surface area contributed by atoms with Crippen LogP contribution < -0.4 is 10.4 Å². The quantitative estimate of drug-likeness (QED) is 0.112. The summed E-state index contributed by atoms with van der Waals surface area (Å²) in [6.45, 7) is 14.1. The molecule has 0 saturated carbocycles. The molecular formula is C41H49N3O4SSi. The van der Waals surface area contributed by atoms with Gasteiger partial charge in [0.2, 0.25) is 0 Å². The lowest BCUT2D eigenvalue weighted by atomic mass is 9.95. The van der Waals surface area contributed by atoms with Crippen LogP contribution in [0.15, 0.2) is 91.0 Å². The number of rotatable bonds is 10. The van der Waals surface area contributed by atoms with Crippen LogP contribution in [0.5, 0.6) is 0 Å². The summed E-state index contributed by atoms with van der Waals surface area (Å²) >= 11 is -1.39. The largest absolute Gasteiger partial charge is 0.597 e. The highest BCUT2D eigenvalue weighted by Gasteiger charge is 2.51. The maximum Gasteiger partial charge on any atom is 0.354 e. The van der Waals surface area contributed by atoms with Crippen molar-refractivity contribution in [3.8, 4) is 23.1 Å². The van der Waals surface area contributed by atoms with Gasteiger partial charge in [-0.25, -0.2) is 9.78 Å². The van der Waals surface area contributed by atoms with E-state index in [1.807, 2.05) is 80.5 Å². The van der Waals surface area contributed by atoms with E-state index >= 15 is 0 Å². The molecular weight excluding hydrogens is 659 g/mol. The van der Waals surface area contributed by atoms with Crippen molar-refractivity contribution in [2.45, 2.75) is 70.3 Å². The minimum Gasteiger partial charge on any atom is -0.597 e. The third kappa shape index (κ3) is 7.92. The second kappa shape index (κ2) is 15.2. The zero-order valence-electron chi connectivity index (χ0n) is 30.5. The van der Waals surface area contributed by atoms with E-state index in [1.165, 1.54) is 10.4 Å². The van der Waals surface area contributed by atoms with E-state index in [2.05, 4.69) is 81.1 Å². The monoisotopic (exact) mass is 707 g/mol. The molecule has 0 fully saturated rings. The van der Waals surface area contributed by atoms with Crippen LogP contribution in [-0.4, -0.2) is 70.1 Å². The van der Waals surface area contributed by atoms with Crippen LogP contribution >= 0.6 is 0 Å². The van der Waals surface area contributed by atoms with Gasteiger partial charge in [0.15, 0.2) is 0 Å². The van der Waals surface area contributed by atoms with Crippen molar-refractivity contribution >= 4 is 36.0 Å². The maximum absolute atomic E-state index is 14.2. The number of aromatic carboxylic acids is 1. The first-order valence-electron chi connectivity index (χ1n) is 17.1. The second-order valence-electron chi connectivity index (χ2n) is 15.1. The van der Waals surface area contributed by atoms with Gasteiger partial charge >= 0.3 is 5.97 Å². The lowest BCUT2D eigenvalue weighted by Crippen LogP contribution is -2.66. The summed E-state index contributed by atoms with van der Waals surface area (Å²) in [5, 5.41) is 12.3. The lowest BCUT2D eigenvalue weighted by Gasteiger charge is -2.43. The molecule has 50 heavy (non-hydrogen) atoms. The van der Waals surface area contributed by atoms with Crippen molar-refractivity contribution < 1.29 is 18.9 Å². The smallest absolute Gasteiger partial charge is 0.354 e. The molecule has 2 atom stereocenters. The molecule has 0 bridgehead atoms. The van der Waals surface area contributed by atoms with Crippen LogP contribution in [-0.2, 0) is 22.3 Å². The standard InChI is InChI=1S/C41H49N3O4SSi/c1-40(2,3)49(47)44-29-32-28-35(39(45)46)42-38(31-19-15-17-30(27-31)18-16-25-43(7)8)37(32)36(44)24-26-48-50(41(4,5)6,33-20-11-9-12-21-33)34-22-13-10-14-23-34/h9-15,17,19-23,27-28,36H,24-26,29H2,1-8H3,(H,45,46)/t36?,49-/m0/s1. The van der Waals surface area contributed by atoms with E-state index in [0.717, 1.165) is 22.3 Å². The van der Waals surface area contributed by atoms with Crippen LogP contribution in [0.25, 0.3) is 11.3 Å². The van der Waals surface area contributed by atoms with Crippen molar-refractivity contribution in [3.63, 3.8) is 0 Å². The molecule has 2 heterocycles. The zero-order chi connectivity index (χ0) is 36.3. The molecule has 5 rings (SSSR count). The first kappa shape index (κ1) is 37.5. The molecule has 3 aromatic carbocycles. The van der Waals surface area contributed by atoms with Gasteiger partial charge in [0.05, 0.1) is 24.8 Å². The average molecular weight is 708 g/mol. The predicted octanol–water partition coefficient (Wildman–Crippen LogP) is 6.65. The Balaban J connectivity index is 1.62. The van der Waals surface area contributed by atoms with Gasteiger partial charge in [-0.2, -0.15) is 0 Å². The zero-order valence-corrected chi connectivity index (χ0v) is 32.3. The molecule has 0 spiro atoms. The number of benzene rings is 3. The molecule has 9 heteroatoms. The van der Waals surface area contributed by atoms with Gasteiger partial charge < -0.3 is 14.1 Å². The molecule has 7 nitrogen and oxygen atoms in total. The molecule has 0 amide bonds. The van der Waals surface area contributed by atoms with E-state index in [-0.39, 0.29) is 16.8 Å². The number of carboxylic acid groups (broad SMARTS) is 1. The Morgan fingerprint density at radius 1 is 0.980 bits per heavy atom. The van der Waals surface area contributed by atoms with E-state index in [0.29, 0.717) is 31.8 Å². The second-order valence-corrected chi connectivity index (χ2v) is 21.6. The molecule has 1 N–H and O–H groups in total. The van der Waals surface area contributed by atoms with Gasteiger partial charge in [0.25, 0.3) is 8.32 Å². The van der Waals surface area contributed by atoms with Crippen molar-refractivity contribution in [1.82, 2.24) is 14.2 Å². The predicted molar refractivity (Wildman–Crippen MR) is 206 cm³/mol. The molecule has 262 valence electrons. The number of aromatic nitrogens is 1. The molecule has 1 aromatic heterocycles. The molecule has 0 aliphatic carbocycles. The Hall–Kier alpha value is -3.75. The minimum absolute atomic E-state index is 0.0338. The first-order valence-corrected chi connectivity index (χ1v) is 20.1. The fourth-order valence-electron chi connectivity index (χ4n) is 6.81. The number of carboxylic acids is 1. The van der Waals surface area contributed by atoms with Crippen LogP contribution in [0.2, 0.25) is 5.04 Å². The SMILES string of the molecule is CN(C)CC#Cc1cccc(-c2nc(C(=O)O)cc3c2C(CCO[Si](c2ccccc2)(c2ccccc2)C(C)(C)C)N([S@@+]([O-])C(C)(C)C)C3)c1. The third-order valence-corrected chi connectivity index (χ3v) is 15.9. The van der Waals surface area contributed by atoms with Crippen molar-refractivity contribution in [2.24, 2.45) is 0 Å².